The van der Waals surface area contributed by atoms with Gasteiger partial charge in [0.1, 0.15) is 0 Å². The molecule has 8 heteroatoms. The number of thiazole rings is 1. The lowest BCUT2D eigenvalue weighted by Crippen LogP contribution is -2.47. The Morgan fingerprint density at radius 1 is 1.28 bits per heavy atom. The van der Waals surface area contributed by atoms with Gasteiger partial charge in [-0.3, -0.25) is 14.7 Å². The molecule has 1 N–H and O–H groups in total. The van der Waals surface area contributed by atoms with E-state index in [0.717, 1.165) is 69.6 Å². The first-order valence-electron chi connectivity index (χ1n) is 10.8. The molecule has 0 bridgehead atoms. The number of nitrogens with zero attached hydrogens (tertiary/aromatic N) is 4. The standard InChI is InChI=1S/C21H35N5O2S/c1-4-22-21(26-11-7-18(8-12-26)20(27)28-3)23-13-17-5-9-25(10-6-17)14-19-15-29-16(2)24-19/h15,17-18H,4-14H2,1-3H3,(H,22,23). The largest absolute Gasteiger partial charge is 0.469 e. The molecule has 2 saturated heterocycles. The van der Waals surface area contributed by atoms with Gasteiger partial charge in [0.05, 0.1) is 23.7 Å². The molecule has 7 nitrogen and oxygen atoms in total. The topological polar surface area (TPSA) is 70.1 Å². The van der Waals surface area contributed by atoms with E-state index in [4.69, 9.17) is 9.73 Å². The van der Waals surface area contributed by atoms with E-state index < -0.39 is 0 Å². The number of ether oxygens (including phenoxy) is 1. The Morgan fingerprint density at radius 3 is 2.59 bits per heavy atom. The number of carbonyl (C=O) groups excluding carboxylic acids is 1. The van der Waals surface area contributed by atoms with E-state index in [9.17, 15) is 4.79 Å². The molecular weight excluding hydrogens is 386 g/mol. The second-order valence-electron chi connectivity index (χ2n) is 8.06. The summed E-state index contributed by atoms with van der Waals surface area (Å²) in [6, 6.07) is 0. The summed E-state index contributed by atoms with van der Waals surface area (Å²) in [5.41, 5.74) is 1.20. The zero-order valence-corrected chi connectivity index (χ0v) is 18.8. The highest BCUT2D eigenvalue weighted by atomic mass is 32.1. The Bertz CT molecular complexity index is 676. The van der Waals surface area contributed by atoms with Crippen molar-refractivity contribution < 1.29 is 9.53 Å². The van der Waals surface area contributed by atoms with Gasteiger partial charge in [0.15, 0.2) is 5.96 Å². The van der Waals surface area contributed by atoms with Crippen LogP contribution in [0.1, 0.15) is 43.3 Å². The lowest BCUT2D eigenvalue weighted by atomic mass is 9.96. The van der Waals surface area contributed by atoms with Crippen molar-refractivity contribution in [2.45, 2.75) is 46.1 Å². The normalized spacial score (nSPS) is 20.1. The minimum Gasteiger partial charge on any atom is -0.469 e. The highest BCUT2D eigenvalue weighted by Gasteiger charge is 2.27. The number of esters is 1. The Hall–Kier alpha value is -1.67. The SMILES string of the molecule is CCNC(=NCC1CCN(Cc2csc(C)n2)CC1)N1CCC(C(=O)OC)CC1. The Kier molecular flexibility index (Phi) is 8.29. The van der Waals surface area contributed by atoms with Gasteiger partial charge in [-0.2, -0.15) is 0 Å². The maximum absolute atomic E-state index is 11.8. The molecule has 0 amide bonds. The van der Waals surface area contributed by atoms with Crippen LogP contribution in [0.4, 0.5) is 0 Å². The van der Waals surface area contributed by atoms with Crippen LogP contribution in [0.3, 0.4) is 0 Å². The second-order valence-corrected chi connectivity index (χ2v) is 9.12. The lowest BCUT2D eigenvalue weighted by molar-refractivity contribution is -0.146. The minimum absolute atomic E-state index is 0.0324. The van der Waals surface area contributed by atoms with Gasteiger partial charge in [-0.15, -0.1) is 11.3 Å². The number of carbonyl (C=O) groups is 1. The van der Waals surface area contributed by atoms with Crippen molar-refractivity contribution in [1.82, 2.24) is 20.1 Å². The van der Waals surface area contributed by atoms with E-state index in [0.29, 0.717) is 5.92 Å². The summed E-state index contributed by atoms with van der Waals surface area (Å²) < 4.78 is 4.90. The van der Waals surface area contributed by atoms with Crippen LogP contribution >= 0.6 is 11.3 Å². The summed E-state index contributed by atoms with van der Waals surface area (Å²) >= 11 is 1.73. The number of aliphatic imine (C=N–C) groups is 1. The minimum atomic E-state index is -0.0776. The number of aryl methyl sites for hydroxylation is 1. The number of piperidine rings is 2. The highest BCUT2D eigenvalue weighted by molar-refractivity contribution is 7.09. The van der Waals surface area contributed by atoms with Crippen LogP contribution in [0.2, 0.25) is 0 Å². The Labute approximate surface area is 178 Å². The van der Waals surface area contributed by atoms with Gasteiger partial charge in [0.25, 0.3) is 0 Å². The molecule has 0 aromatic carbocycles. The molecule has 3 rings (SSSR count). The van der Waals surface area contributed by atoms with Crippen LogP contribution in [0.5, 0.6) is 0 Å². The summed E-state index contributed by atoms with van der Waals surface area (Å²) in [7, 11) is 1.48. The van der Waals surface area contributed by atoms with Crippen LogP contribution in [0.25, 0.3) is 0 Å². The van der Waals surface area contributed by atoms with Gasteiger partial charge in [0.2, 0.25) is 0 Å². The molecule has 2 aliphatic heterocycles. The summed E-state index contributed by atoms with van der Waals surface area (Å²) in [5, 5.41) is 6.76. The number of methoxy groups -OCH3 is 1. The zero-order chi connectivity index (χ0) is 20.6. The summed E-state index contributed by atoms with van der Waals surface area (Å²) in [5.74, 6) is 1.59. The van der Waals surface area contributed by atoms with Crippen molar-refractivity contribution in [3.8, 4) is 0 Å². The second kappa shape index (κ2) is 10.9. The number of nitrogens with one attached hydrogen (secondary N) is 1. The van der Waals surface area contributed by atoms with Crippen molar-refractivity contribution in [2.75, 3.05) is 46.4 Å². The molecule has 3 heterocycles. The molecule has 1 aromatic rings. The molecule has 0 radical (unpaired) electrons. The first kappa shape index (κ1) is 22.0. The van der Waals surface area contributed by atoms with Crippen LogP contribution in [-0.4, -0.2) is 73.1 Å². The number of likely N-dealkylation sites (tertiary alicyclic amines) is 2. The van der Waals surface area contributed by atoms with E-state index >= 15 is 0 Å². The average molecular weight is 422 g/mol. The van der Waals surface area contributed by atoms with Crippen LogP contribution in [0.15, 0.2) is 10.4 Å². The maximum Gasteiger partial charge on any atom is 0.308 e. The van der Waals surface area contributed by atoms with E-state index in [1.807, 2.05) is 0 Å². The molecule has 0 aliphatic carbocycles. The monoisotopic (exact) mass is 421 g/mol. The maximum atomic E-state index is 11.8. The number of hydrogen-bond donors (Lipinski definition) is 1. The molecule has 0 saturated carbocycles. The summed E-state index contributed by atoms with van der Waals surface area (Å²) in [6.07, 6.45) is 4.06. The molecule has 0 atom stereocenters. The first-order valence-corrected chi connectivity index (χ1v) is 11.7. The van der Waals surface area contributed by atoms with Crippen LogP contribution < -0.4 is 5.32 Å². The van der Waals surface area contributed by atoms with Crippen LogP contribution in [0, 0.1) is 18.8 Å². The van der Waals surface area contributed by atoms with Gasteiger partial charge >= 0.3 is 5.97 Å². The Balaban J connectivity index is 1.45. The molecule has 162 valence electrons. The van der Waals surface area contributed by atoms with E-state index in [1.54, 1.807) is 11.3 Å². The molecular formula is C21H35N5O2S. The predicted molar refractivity (Wildman–Crippen MR) is 117 cm³/mol. The van der Waals surface area contributed by atoms with Crippen molar-refractivity contribution >= 4 is 23.3 Å². The van der Waals surface area contributed by atoms with Gasteiger partial charge in [0, 0.05) is 38.1 Å². The predicted octanol–water partition coefficient (Wildman–Crippen LogP) is 2.51. The molecule has 0 unspecified atom stereocenters. The molecule has 2 aliphatic rings. The Morgan fingerprint density at radius 2 is 2.00 bits per heavy atom. The quantitative estimate of drug-likeness (QED) is 0.432. The fraction of sp³-hybridized carbons (Fsp3) is 0.762. The summed E-state index contributed by atoms with van der Waals surface area (Å²) in [6.45, 7) is 10.8. The van der Waals surface area contributed by atoms with Gasteiger partial charge in [-0.25, -0.2) is 4.98 Å². The number of aromatic nitrogens is 1. The lowest BCUT2D eigenvalue weighted by Gasteiger charge is -2.34. The van der Waals surface area contributed by atoms with Gasteiger partial charge in [-0.05, 0) is 58.5 Å². The van der Waals surface area contributed by atoms with Crippen LogP contribution in [-0.2, 0) is 16.1 Å². The third-order valence-electron chi connectivity index (χ3n) is 5.92. The smallest absolute Gasteiger partial charge is 0.308 e. The summed E-state index contributed by atoms with van der Waals surface area (Å²) in [4.78, 5) is 26.1. The third-order valence-corrected chi connectivity index (χ3v) is 6.74. The van der Waals surface area contributed by atoms with Crippen molar-refractivity contribution in [2.24, 2.45) is 16.8 Å². The van der Waals surface area contributed by atoms with E-state index in [2.05, 4.69) is 39.3 Å². The number of hydrogen-bond acceptors (Lipinski definition) is 6. The first-order chi connectivity index (χ1) is 14.1. The van der Waals surface area contributed by atoms with Crippen molar-refractivity contribution in [3.05, 3.63) is 16.1 Å². The van der Waals surface area contributed by atoms with Gasteiger partial charge < -0.3 is 15.0 Å². The third kappa shape index (κ3) is 6.40. The van der Waals surface area contributed by atoms with E-state index in [1.165, 1.54) is 25.6 Å². The molecule has 29 heavy (non-hydrogen) atoms. The molecule has 0 spiro atoms. The van der Waals surface area contributed by atoms with Crippen molar-refractivity contribution in [1.29, 1.82) is 0 Å². The van der Waals surface area contributed by atoms with Gasteiger partial charge in [-0.1, -0.05) is 0 Å². The zero-order valence-electron chi connectivity index (χ0n) is 18.0. The molecule has 1 aromatic heterocycles. The fourth-order valence-electron chi connectivity index (χ4n) is 4.17. The molecule has 2 fully saturated rings. The van der Waals surface area contributed by atoms with E-state index in [-0.39, 0.29) is 11.9 Å². The number of guanidine groups is 1. The fourth-order valence-corrected chi connectivity index (χ4v) is 4.78. The van der Waals surface area contributed by atoms with Crippen molar-refractivity contribution in [3.63, 3.8) is 0 Å². The number of rotatable bonds is 6. The average Bonchev–Trinajstić information content (AvgIpc) is 3.16. The highest BCUT2D eigenvalue weighted by Crippen LogP contribution is 2.21.